The number of aliphatic carboxylic acids is 1. The maximum absolute atomic E-state index is 13.2. The summed E-state index contributed by atoms with van der Waals surface area (Å²) in [6, 6.07) is 5.70. The van der Waals surface area contributed by atoms with Crippen molar-refractivity contribution in [3.05, 3.63) is 52.7 Å². The first kappa shape index (κ1) is 34.3. The highest BCUT2D eigenvalue weighted by Crippen LogP contribution is 2.27. The number of rotatable bonds is 13. The van der Waals surface area contributed by atoms with Crippen molar-refractivity contribution in [3.63, 3.8) is 0 Å². The predicted molar refractivity (Wildman–Crippen MR) is 166 cm³/mol. The SMILES string of the molecule is COc1ccnc(NCC2CC(OCC(=O)NCC(NC(=O)c3c(C)cc(C)cc3C)C(=O)O)CN2C(=O)CC(C)(C)C)c1. The third-order valence-electron chi connectivity index (χ3n) is 7.32. The Balaban J connectivity index is 1.56. The average molecular weight is 612 g/mol. The molecule has 0 radical (unpaired) electrons. The molecule has 240 valence electrons. The summed E-state index contributed by atoms with van der Waals surface area (Å²) in [5.74, 6) is -1.05. The molecule has 1 aromatic heterocycles. The van der Waals surface area contributed by atoms with Gasteiger partial charge in [-0.2, -0.15) is 0 Å². The van der Waals surface area contributed by atoms with E-state index < -0.39 is 29.9 Å². The third-order valence-corrected chi connectivity index (χ3v) is 7.32. The van der Waals surface area contributed by atoms with Gasteiger partial charge in [0.25, 0.3) is 5.91 Å². The van der Waals surface area contributed by atoms with Gasteiger partial charge in [0.15, 0.2) is 0 Å². The largest absolute Gasteiger partial charge is 0.497 e. The van der Waals surface area contributed by atoms with Gasteiger partial charge in [-0.1, -0.05) is 38.5 Å². The Hall–Kier alpha value is -4.19. The molecule has 12 heteroatoms. The first-order valence-corrected chi connectivity index (χ1v) is 14.7. The van der Waals surface area contributed by atoms with Crippen LogP contribution in [0.25, 0.3) is 0 Å². The molecular formula is C32H45N5O7. The number of carbonyl (C=O) groups is 4. The molecule has 3 rings (SSSR count). The van der Waals surface area contributed by atoms with E-state index in [9.17, 15) is 24.3 Å². The number of hydrogen-bond acceptors (Lipinski definition) is 8. The smallest absolute Gasteiger partial charge is 0.328 e. The quantitative estimate of drug-likeness (QED) is 0.267. The minimum atomic E-state index is -1.33. The summed E-state index contributed by atoms with van der Waals surface area (Å²) >= 11 is 0. The van der Waals surface area contributed by atoms with Crippen LogP contribution in [0.1, 0.15) is 60.7 Å². The van der Waals surface area contributed by atoms with Crippen LogP contribution in [-0.4, -0.2) is 90.2 Å². The second-order valence-electron chi connectivity index (χ2n) is 12.5. The monoisotopic (exact) mass is 611 g/mol. The lowest BCUT2D eigenvalue weighted by Gasteiger charge is -2.28. The minimum absolute atomic E-state index is 0.00227. The molecule has 12 nitrogen and oxygen atoms in total. The standard InChI is InChI=1S/C32H45N5O7/c1-19-10-20(2)29(21(3)11-19)30(40)36-25(31(41)42)16-35-27(38)18-44-24-12-22(37(17-24)28(39)14-32(4,5)6)15-34-26-13-23(43-7)8-9-33-26/h8-11,13,22,24-25H,12,14-18H2,1-7H3,(H,33,34)(H,35,38)(H,36,40)(H,41,42). The zero-order valence-corrected chi connectivity index (χ0v) is 26.7. The lowest BCUT2D eigenvalue weighted by atomic mass is 9.91. The summed E-state index contributed by atoms with van der Waals surface area (Å²) in [5.41, 5.74) is 2.69. The van der Waals surface area contributed by atoms with E-state index in [1.807, 2.05) is 39.8 Å². The van der Waals surface area contributed by atoms with Crippen LogP contribution >= 0.6 is 0 Å². The Morgan fingerprint density at radius 3 is 2.41 bits per heavy atom. The van der Waals surface area contributed by atoms with Crippen molar-refractivity contribution in [1.82, 2.24) is 20.5 Å². The molecule has 1 fully saturated rings. The Morgan fingerprint density at radius 2 is 1.80 bits per heavy atom. The minimum Gasteiger partial charge on any atom is -0.497 e. The van der Waals surface area contributed by atoms with Gasteiger partial charge < -0.3 is 35.4 Å². The number of carbonyl (C=O) groups excluding carboxylic acids is 3. The number of anilines is 1. The van der Waals surface area contributed by atoms with Gasteiger partial charge in [0, 0.05) is 43.9 Å². The van der Waals surface area contributed by atoms with Crippen LogP contribution in [0.15, 0.2) is 30.5 Å². The van der Waals surface area contributed by atoms with Crippen LogP contribution in [0.5, 0.6) is 5.75 Å². The molecule has 3 atom stereocenters. The maximum atomic E-state index is 13.2. The van der Waals surface area contributed by atoms with Crippen LogP contribution in [0.3, 0.4) is 0 Å². The Bertz CT molecular complexity index is 1330. The fourth-order valence-corrected chi connectivity index (χ4v) is 5.33. The van der Waals surface area contributed by atoms with E-state index >= 15 is 0 Å². The van der Waals surface area contributed by atoms with E-state index in [-0.39, 0.29) is 30.5 Å². The van der Waals surface area contributed by atoms with Crippen molar-refractivity contribution in [2.75, 3.05) is 38.7 Å². The molecule has 1 aliphatic rings. The van der Waals surface area contributed by atoms with Gasteiger partial charge in [-0.15, -0.1) is 0 Å². The second kappa shape index (κ2) is 15.0. The highest BCUT2D eigenvalue weighted by Gasteiger charge is 2.37. The molecule has 3 unspecified atom stereocenters. The number of likely N-dealkylation sites (tertiary alicyclic amines) is 1. The first-order valence-electron chi connectivity index (χ1n) is 14.7. The number of pyridine rings is 1. The second-order valence-corrected chi connectivity index (χ2v) is 12.5. The number of aryl methyl sites for hydroxylation is 3. The van der Waals surface area contributed by atoms with E-state index in [1.54, 1.807) is 44.2 Å². The van der Waals surface area contributed by atoms with Gasteiger partial charge >= 0.3 is 5.97 Å². The number of amides is 3. The molecule has 1 aliphatic heterocycles. The van der Waals surface area contributed by atoms with Crippen molar-refractivity contribution in [2.24, 2.45) is 5.41 Å². The fourth-order valence-electron chi connectivity index (χ4n) is 5.33. The Morgan fingerprint density at radius 1 is 1.11 bits per heavy atom. The molecule has 0 spiro atoms. The lowest BCUT2D eigenvalue weighted by molar-refractivity contribution is -0.139. The number of hydrogen-bond donors (Lipinski definition) is 4. The van der Waals surface area contributed by atoms with E-state index in [0.717, 1.165) is 16.7 Å². The van der Waals surface area contributed by atoms with Crippen LogP contribution < -0.4 is 20.7 Å². The fraction of sp³-hybridized carbons (Fsp3) is 0.531. The summed E-state index contributed by atoms with van der Waals surface area (Å²) in [5, 5.41) is 18.0. The summed E-state index contributed by atoms with van der Waals surface area (Å²) in [4.78, 5) is 56.6. The number of ether oxygens (including phenoxy) is 2. The molecule has 3 amide bonds. The number of methoxy groups -OCH3 is 1. The van der Waals surface area contributed by atoms with E-state index in [4.69, 9.17) is 9.47 Å². The lowest BCUT2D eigenvalue weighted by Crippen LogP contribution is -2.49. The molecule has 2 heterocycles. The van der Waals surface area contributed by atoms with Crippen LogP contribution in [0.2, 0.25) is 0 Å². The number of carboxylic acids is 1. The highest BCUT2D eigenvalue weighted by atomic mass is 16.5. The van der Waals surface area contributed by atoms with Crippen molar-refractivity contribution in [2.45, 2.75) is 72.6 Å². The van der Waals surface area contributed by atoms with Gasteiger partial charge in [0.2, 0.25) is 11.8 Å². The average Bonchev–Trinajstić information content (AvgIpc) is 3.35. The van der Waals surface area contributed by atoms with Gasteiger partial charge in [-0.05, 0) is 49.8 Å². The number of carboxylic acid groups (broad SMARTS) is 1. The summed E-state index contributed by atoms with van der Waals surface area (Å²) in [6.07, 6.45) is 2.10. The predicted octanol–water partition coefficient (Wildman–Crippen LogP) is 2.85. The van der Waals surface area contributed by atoms with Crippen molar-refractivity contribution in [3.8, 4) is 5.75 Å². The maximum Gasteiger partial charge on any atom is 0.328 e. The molecule has 4 N–H and O–H groups in total. The normalized spacial score (nSPS) is 17.1. The van der Waals surface area contributed by atoms with Gasteiger partial charge in [0.1, 0.15) is 24.2 Å². The molecule has 1 aromatic carbocycles. The van der Waals surface area contributed by atoms with Gasteiger partial charge in [-0.3, -0.25) is 14.4 Å². The highest BCUT2D eigenvalue weighted by molar-refractivity contribution is 5.99. The Labute approximate surface area is 258 Å². The van der Waals surface area contributed by atoms with Crippen molar-refractivity contribution < 1.29 is 33.8 Å². The summed E-state index contributed by atoms with van der Waals surface area (Å²) in [7, 11) is 1.58. The van der Waals surface area contributed by atoms with Gasteiger partial charge in [0.05, 0.1) is 19.3 Å². The molecule has 0 bridgehead atoms. The third kappa shape index (κ3) is 9.94. The van der Waals surface area contributed by atoms with Crippen LogP contribution in [0.4, 0.5) is 5.82 Å². The van der Waals surface area contributed by atoms with Crippen LogP contribution in [-0.2, 0) is 19.1 Å². The van der Waals surface area contributed by atoms with E-state index in [2.05, 4.69) is 20.9 Å². The molecule has 0 saturated carbocycles. The number of benzene rings is 1. The van der Waals surface area contributed by atoms with Crippen LogP contribution in [0, 0.1) is 26.2 Å². The topological polar surface area (TPSA) is 159 Å². The number of nitrogens with zero attached hydrogens (tertiary/aromatic N) is 2. The summed E-state index contributed by atoms with van der Waals surface area (Å²) in [6.45, 7) is 11.6. The first-order chi connectivity index (χ1) is 20.7. The molecular weight excluding hydrogens is 566 g/mol. The van der Waals surface area contributed by atoms with Crippen molar-refractivity contribution in [1.29, 1.82) is 0 Å². The van der Waals surface area contributed by atoms with Gasteiger partial charge in [-0.25, -0.2) is 9.78 Å². The molecule has 1 saturated heterocycles. The molecule has 0 aliphatic carbocycles. The molecule has 44 heavy (non-hydrogen) atoms. The molecule has 2 aromatic rings. The summed E-state index contributed by atoms with van der Waals surface area (Å²) < 4.78 is 11.1. The number of nitrogens with one attached hydrogen (secondary N) is 3. The number of aromatic nitrogens is 1. The Kier molecular flexibility index (Phi) is 11.7. The van der Waals surface area contributed by atoms with E-state index in [0.29, 0.717) is 43.1 Å². The van der Waals surface area contributed by atoms with E-state index in [1.165, 1.54) is 0 Å². The zero-order chi connectivity index (χ0) is 32.6. The van der Waals surface area contributed by atoms with Crippen molar-refractivity contribution >= 4 is 29.5 Å². The zero-order valence-electron chi connectivity index (χ0n) is 26.7.